The van der Waals surface area contributed by atoms with Crippen molar-refractivity contribution in [3.05, 3.63) is 0 Å². The number of carbonyl (C=O) groups excluding carboxylic acids is 1. The smallest absolute Gasteiger partial charge is 0.862 e. The zero-order valence-electron chi connectivity index (χ0n) is 23.5. The predicted molar refractivity (Wildman–Crippen MR) is 132 cm³/mol. The van der Waals surface area contributed by atoms with E-state index < -0.39 is 19.9 Å². The van der Waals surface area contributed by atoms with Crippen LogP contribution in [-0.2, 0) is 18.6 Å². The molecule has 11 heteroatoms. The molecule has 0 aromatic heterocycles. The first-order valence-electron chi connectivity index (χ1n) is 13.4. The van der Waals surface area contributed by atoms with Gasteiger partial charge in [0.1, 0.15) is 12.7 Å². The topological polar surface area (TPSA) is 131 Å². The molecule has 0 aliphatic carbocycles. The summed E-state index contributed by atoms with van der Waals surface area (Å²) >= 11 is 0. The maximum Gasteiger partial charge on any atom is 1.00 e. The Kier molecular flexibility index (Phi) is 33.5. The molecule has 0 amide bonds. The van der Waals surface area contributed by atoms with Crippen molar-refractivity contribution in [1.82, 2.24) is 0 Å². The van der Waals surface area contributed by atoms with E-state index in [1.165, 1.54) is 77.0 Å². The van der Waals surface area contributed by atoms with Gasteiger partial charge in [0.15, 0.2) is 0 Å². The van der Waals surface area contributed by atoms with Gasteiger partial charge < -0.3 is 29.1 Å². The largest absolute Gasteiger partial charge is 1.00 e. The Bertz CT molecular complexity index is 577. The molecule has 0 saturated carbocycles. The number of unbranched alkanes of at least 4 members (excludes halogenated alkanes) is 14. The molecule has 8 nitrogen and oxygen atoms in total. The van der Waals surface area contributed by atoms with E-state index in [1.807, 2.05) is 0 Å². The van der Waals surface area contributed by atoms with E-state index in [1.54, 1.807) is 6.92 Å². The zero-order valence-corrected chi connectivity index (χ0v) is 28.4. The molecule has 0 saturated heterocycles. The van der Waals surface area contributed by atoms with Crippen LogP contribution in [0.1, 0.15) is 129 Å². The van der Waals surface area contributed by atoms with Gasteiger partial charge in [-0.3, -0.25) is 9.36 Å². The van der Waals surface area contributed by atoms with E-state index in [9.17, 15) is 19.4 Å². The minimum Gasteiger partial charge on any atom is -0.862 e. The molecule has 1 N–H and O–H groups in total. The van der Waals surface area contributed by atoms with Crippen molar-refractivity contribution in [1.29, 1.82) is 0 Å². The molecule has 0 radical (unpaired) electrons. The maximum atomic E-state index is 11.9. The van der Waals surface area contributed by atoms with Crippen LogP contribution >= 0.6 is 7.82 Å². The SMILES string of the molecule is CCCCCCCCCCCCCCCCCC([O-])=NC[C@H](COC(=O)CCC)OP(=O)([O-])O.[Na+].[Na+]. The molecule has 2 atom stereocenters. The normalized spacial score (nSPS) is 13.8. The van der Waals surface area contributed by atoms with E-state index in [-0.39, 0.29) is 91.0 Å². The third kappa shape index (κ3) is 31.3. The van der Waals surface area contributed by atoms with Crippen molar-refractivity contribution in [2.45, 2.75) is 136 Å². The summed E-state index contributed by atoms with van der Waals surface area (Å²) < 4.78 is 20.4. The van der Waals surface area contributed by atoms with Crippen LogP contribution in [0.25, 0.3) is 0 Å². The van der Waals surface area contributed by atoms with Gasteiger partial charge in [0, 0.05) is 6.42 Å². The van der Waals surface area contributed by atoms with Crippen LogP contribution in [0.4, 0.5) is 0 Å². The molecule has 0 fully saturated rings. The van der Waals surface area contributed by atoms with Gasteiger partial charge in [-0.15, -0.1) is 0 Å². The monoisotopic (exact) mass is 551 g/mol. The Morgan fingerprint density at radius 3 is 1.67 bits per heavy atom. The number of ether oxygens (including phenoxy) is 1. The van der Waals surface area contributed by atoms with Gasteiger partial charge in [-0.05, 0) is 25.2 Å². The molecule has 0 aromatic carbocycles. The molecule has 36 heavy (non-hydrogen) atoms. The molecular formula is C25H48NNa2O7P. The maximum absolute atomic E-state index is 11.9. The van der Waals surface area contributed by atoms with E-state index in [0.717, 1.165) is 19.3 Å². The van der Waals surface area contributed by atoms with Crippen molar-refractivity contribution in [3.8, 4) is 0 Å². The second-order valence-corrected chi connectivity index (χ2v) is 10.2. The Labute approximate surface area is 264 Å². The standard InChI is InChI=1S/C25H50NO7P.2Na/c1-3-5-6-7-8-9-10-11-12-13-14-15-16-17-18-20-24(27)26-21-23(33-34(29,30)31)22-32-25(28)19-4-2;;/h23H,3-22H2,1-2H3,(H,26,27)(H2,29,30,31);;/q;2*+1/p-2/t23-;;/m1../s1. The number of carbonyl (C=O) groups is 1. The van der Waals surface area contributed by atoms with E-state index in [4.69, 9.17) is 9.63 Å². The van der Waals surface area contributed by atoms with Crippen molar-refractivity contribution >= 4 is 19.7 Å². The molecule has 0 rings (SSSR count). The summed E-state index contributed by atoms with van der Waals surface area (Å²) in [5.41, 5.74) is 0. The number of phosphoric acid groups is 1. The minimum absolute atomic E-state index is 0. The average Bonchev–Trinajstić information content (AvgIpc) is 2.77. The predicted octanol–water partition coefficient (Wildman–Crippen LogP) is -0.796. The molecule has 0 heterocycles. The summed E-state index contributed by atoms with van der Waals surface area (Å²) in [4.78, 5) is 35.1. The summed E-state index contributed by atoms with van der Waals surface area (Å²) in [5, 5.41) is 11.9. The van der Waals surface area contributed by atoms with E-state index in [0.29, 0.717) is 6.42 Å². The van der Waals surface area contributed by atoms with Gasteiger partial charge in [-0.2, -0.15) is 0 Å². The number of esters is 1. The molecule has 0 bridgehead atoms. The molecule has 0 aliphatic rings. The summed E-state index contributed by atoms with van der Waals surface area (Å²) in [6.45, 7) is 3.38. The fourth-order valence-electron chi connectivity index (χ4n) is 3.70. The summed E-state index contributed by atoms with van der Waals surface area (Å²) in [7, 11) is -5.02. The third-order valence-electron chi connectivity index (χ3n) is 5.63. The molecule has 0 aromatic rings. The van der Waals surface area contributed by atoms with Gasteiger partial charge in [0.25, 0.3) is 7.82 Å². The Morgan fingerprint density at radius 2 is 1.25 bits per heavy atom. The summed E-state index contributed by atoms with van der Waals surface area (Å²) in [6.07, 6.45) is 18.5. The van der Waals surface area contributed by atoms with Crippen LogP contribution in [0.15, 0.2) is 4.99 Å². The molecule has 202 valence electrons. The Hall–Kier alpha value is 1.05. The van der Waals surface area contributed by atoms with Crippen molar-refractivity contribution in [2.75, 3.05) is 13.2 Å². The van der Waals surface area contributed by atoms with Crippen LogP contribution < -0.4 is 69.1 Å². The quantitative estimate of drug-likeness (QED) is 0.0415. The number of rotatable bonds is 24. The van der Waals surface area contributed by atoms with E-state index >= 15 is 0 Å². The molecular weight excluding hydrogens is 503 g/mol. The second-order valence-electron chi connectivity index (χ2n) is 9.06. The van der Waals surface area contributed by atoms with Crippen LogP contribution in [0.5, 0.6) is 0 Å². The summed E-state index contributed by atoms with van der Waals surface area (Å²) in [5.74, 6) is -0.847. The number of nitrogens with zero attached hydrogens (tertiary/aromatic N) is 1. The molecule has 0 aliphatic heterocycles. The van der Waals surface area contributed by atoms with Gasteiger partial charge in [0.05, 0.1) is 6.54 Å². The fourth-order valence-corrected chi connectivity index (χ4v) is 4.20. The minimum atomic E-state index is -5.02. The van der Waals surface area contributed by atoms with Crippen molar-refractivity contribution < 1.29 is 92.6 Å². The van der Waals surface area contributed by atoms with Crippen LogP contribution in [0.3, 0.4) is 0 Å². The number of hydrogen-bond acceptors (Lipinski definition) is 7. The van der Waals surface area contributed by atoms with Crippen LogP contribution in [0, 0.1) is 0 Å². The first-order valence-corrected chi connectivity index (χ1v) is 14.9. The fraction of sp³-hybridized carbons (Fsp3) is 0.920. The van der Waals surface area contributed by atoms with Crippen molar-refractivity contribution in [3.63, 3.8) is 0 Å². The number of phosphoric ester groups is 1. The van der Waals surface area contributed by atoms with Gasteiger partial charge in [-0.1, -0.05) is 104 Å². The third-order valence-corrected chi connectivity index (χ3v) is 6.20. The number of hydrogen-bond donors (Lipinski definition) is 1. The first-order chi connectivity index (χ1) is 16.3. The summed E-state index contributed by atoms with van der Waals surface area (Å²) in [6, 6.07) is 0. The van der Waals surface area contributed by atoms with Crippen molar-refractivity contribution in [2.24, 2.45) is 4.99 Å². The first kappa shape index (κ1) is 41.5. The van der Waals surface area contributed by atoms with Gasteiger partial charge in [-0.25, -0.2) is 0 Å². The average molecular weight is 552 g/mol. The second kappa shape index (κ2) is 29.0. The zero-order chi connectivity index (χ0) is 25.5. The molecule has 1 unspecified atom stereocenters. The van der Waals surface area contributed by atoms with Gasteiger partial charge >= 0.3 is 65.1 Å². The van der Waals surface area contributed by atoms with Crippen LogP contribution in [0.2, 0.25) is 0 Å². The Morgan fingerprint density at radius 1 is 0.806 bits per heavy atom. The Balaban J connectivity index is -0.00000544. The number of aliphatic imine (C=N–C) groups is 1. The van der Waals surface area contributed by atoms with Gasteiger partial charge in [0.2, 0.25) is 0 Å². The van der Waals surface area contributed by atoms with Crippen LogP contribution in [-0.4, -0.2) is 36.0 Å². The molecule has 0 spiro atoms. The van der Waals surface area contributed by atoms with E-state index in [2.05, 4.69) is 16.4 Å².